The van der Waals surface area contributed by atoms with Crippen molar-refractivity contribution in [3.8, 4) is 11.8 Å². The molecule has 0 aliphatic heterocycles. The maximum Gasteiger partial charge on any atom is 0.267 e. The fourth-order valence-electron chi connectivity index (χ4n) is 2.05. The normalized spacial score (nSPS) is 9.85. The number of nitrogens with zero attached hydrogens (tertiary/aromatic N) is 1. The Bertz CT molecular complexity index is 938. The van der Waals surface area contributed by atoms with Gasteiger partial charge < -0.3 is 5.32 Å². The molecule has 0 fully saturated rings. The summed E-state index contributed by atoms with van der Waals surface area (Å²) >= 11 is 2.66. The first-order chi connectivity index (χ1) is 12.7. The summed E-state index contributed by atoms with van der Waals surface area (Å²) < 4.78 is 0. The van der Waals surface area contributed by atoms with E-state index < -0.39 is 0 Å². The highest BCUT2D eigenvalue weighted by atomic mass is 32.1. The third-order valence-electron chi connectivity index (χ3n) is 3.24. The van der Waals surface area contributed by atoms with Crippen LogP contribution in [0.3, 0.4) is 0 Å². The number of hydrogen-bond acceptors (Lipinski definition) is 5. The number of hydrogen-bond donors (Lipinski definition) is 2. The number of carbonyl (C=O) groups excluding carboxylic acids is 2. The Kier molecular flexibility index (Phi) is 6.14. The highest BCUT2D eigenvalue weighted by Gasteiger charge is 2.11. The zero-order chi connectivity index (χ0) is 18.2. The predicted octanol–water partition coefficient (Wildman–Crippen LogP) is 3.17. The van der Waals surface area contributed by atoms with Gasteiger partial charge in [-0.1, -0.05) is 36.1 Å². The lowest BCUT2D eigenvalue weighted by atomic mass is 10.2. The van der Waals surface area contributed by atoms with Crippen LogP contribution in [0.15, 0.2) is 53.2 Å². The molecule has 26 heavy (non-hydrogen) atoms. The molecule has 0 bridgehead atoms. The number of thiophene rings is 1. The molecule has 0 unspecified atom stereocenters. The van der Waals surface area contributed by atoms with Gasteiger partial charge in [-0.15, -0.1) is 22.7 Å². The minimum atomic E-state index is -0.193. The average Bonchev–Trinajstić information content (AvgIpc) is 3.32. The van der Waals surface area contributed by atoms with Crippen LogP contribution in [0.4, 0.5) is 5.13 Å². The topological polar surface area (TPSA) is 71.1 Å². The molecule has 0 saturated heterocycles. The standard InChI is InChI=1S/C19H15N3O2S2/c23-17(20-10-4-8-14-6-2-1-3-7-14)12-15-13-26-19(21-15)22-18(24)16-9-5-11-25-16/h1-3,5-7,9,11,13H,10,12H2,(H,20,23)(H,21,22,24). The first-order valence-electron chi connectivity index (χ1n) is 7.80. The molecule has 0 aliphatic carbocycles. The number of thiazole rings is 1. The average molecular weight is 381 g/mol. The molecule has 1 aromatic carbocycles. The van der Waals surface area contributed by atoms with Gasteiger partial charge in [0.15, 0.2) is 5.13 Å². The Morgan fingerprint density at radius 3 is 2.69 bits per heavy atom. The lowest BCUT2D eigenvalue weighted by Gasteiger charge is -1.99. The second-order valence-electron chi connectivity index (χ2n) is 5.20. The molecule has 3 rings (SSSR count). The van der Waals surface area contributed by atoms with Crippen LogP contribution in [0.25, 0.3) is 0 Å². The van der Waals surface area contributed by atoms with Gasteiger partial charge in [0.05, 0.1) is 23.5 Å². The fourth-order valence-corrected chi connectivity index (χ4v) is 3.37. The third-order valence-corrected chi connectivity index (χ3v) is 4.91. The number of benzene rings is 1. The molecule has 2 amide bonds. The number of carbonyl (C=O) groups is 2. The van der Waals surface area contributed by atoms with Gasteiger partial charge in [-0.05, 0) is 23.6 Å². The summed E-state index contributed by atoms with van der Waals surface area (Å²) in [5, 5.41) is 9.56. The van der Waals surface area contributed by atoms with Crippen molar-refractivity contribution in [2.75, 3.05) is 11.9 Å². The van der Waals surface area contributed by atoms with Gasteiger partial charge >= 0.3 is 0 Å². The highest BCUT2D eigenvalue weighted by Crippen LogP contribution is 2.18. The van der Waals surface area contributed by atoms with E-state index in [1.165, 1.54) is 22.7 Å². The van der Waals surface area contributed by atoms with E-state index in [1.54, 1.807) is 11.4 Å². The number of rotatable bonds is 5. The Balaban J connectivity index is 1.46. The van der Waals surface area contributed by atoms with Gasteiger partial charge in [0.25, 0.3) is 5.91 Å². The lowest BCUT2D eigenvalue weighted by Crippen LogP contribution is -2.25. The lowest BCUT2D eigenvalue weighted by molar-refractivity contribution is -0.120. The molecule has 7 heteroatoms. The second-order valence-corrected chi connectivity index (χ2v) is 7.00. The Labute approximate surface area is 159 Å². The van der Waals surface area contributed by atoms with E-state index in [-0.39, 0.29) is 24.8 Å². The molecule has 2 N–H and O–H groups in total. The molecular weight excluding hydrogens is 366 g/mol. The Morgan fingerprint density at radius 2 is 1.92 bits per heavy atom. The van der Waals surface area contributed by atoms with Crippen LogP contribution in [-0.4, -0.2) is 23.3 Å². The third kappa shape index (κ3) is 5.28. The van der Waals surface area contributed by atoms with Gasteiger partial charge in [-0.2, -0.15) is 0 Å². The quantitative estimate of drug-likeness (QED) is 0.667. The number of amides is 2. The summed E-state index contributed by atoms with van der Waals surface area (Å²) in [5.74, 6) is 5.54. The van der Waals surface area contributed by atoms with Crippen molar-refractivity contribution in [2.45, 2.75) is 6.42 Å². The monoisotopic (exact) mass is 381 g/mol. The maximum absolute atomic E-state index is 12.0. The van der Waals surface area contributed by atoms with Crippen LogP contribution < -0.4 is 10.6 Å². The van der Waals surface area contributed by atoms with E-state index in [2.05, 4.69) is 27.5 Å². The largest absolute Gasteiger partial charge is 0.345 e. The van der Waals surface area contributed by atoms with Gasteiger partial charge in [0.2, 0.25) is 5.91 Å². The van der Waals surface area contributed by atoms with Crippen molar-refractivity contribution in [1.29, 1.82) is 0 Å². The minimum absolute atomic E-state index is 0.151. The van der Waals surface area contributed by atoms with Gasteiger partial charge in [0.1, 0.15) is 0 Å². The maximum atomic E-state index is 12.0. The van der Waals surface area contributed by atoms with Crippen LogP contribution in [0.2, 0.25) is 0 Å². The Hall–Kier alpha value is -2.95. The SMILES string of the molecule is O=C(Cc1csc(NC(=O)c2cccs2)n1)NCC#Cc1ccccc1. The van der Waals surface area contributed by atoms with E-state index in [1.807, 2.05) is 41.8 Å². The van der Waals surface area contributed by atoms with Crippen molar-refractivity contribution >= 4 is 39.6 Å². The van der Waals surface area contributed by atoms with E-state index in [0.717, 1.165) is 5.56 Å². The Morgan fingerprint density at radius 1 is 1.08 bits per heavy atom. The van der Waals surface area contributed by atoms with Crippen molar-refractivity contribution in [2.24, 2.45) is 0 Å². The van der Waals surface area contributed by atoms with Crippen LogP contribution in [-0.2, 0) is 11.2 Å². The zero-order valence-corrected chi connectivity index (χ0v) is 15.3. The van der Waals surface area contributed by atoms with Crippen molar-refractivity contribution in [3.05, 3.63) is 69.4 Å². The van der Waals surface area contributed by atoms with Crippen LogP contribution in [0, 0.1) is 11.8 Å². The van der Waals surface area contributed by atoms with Crippen LogP contribution >= 0.6 is 22.7 Å². The number of anilines is 1. The van der Waals surface area contributed by atoms with Crippen LogP contribution in [0.5, 0.6) is 0 Å². The van der Waals surface area contributed by atoms with Crippen molar-refractivity contribution < 1.29 is 9.59 Å². The van der Waals surface area contributed by atoms with Crippen molar-refractivity contribution in [1.82, 2.24) is 10.3 Å². The molecule has 2 heterocycles. The summed E-state index contributed by atoms with van der Waals surface area (Å²) in [6, 6.07) is 13.2. The molecule has 0 radical (unpaired) electrons. The van der Waals surface area contributed by atoms with E-state index >= 15 is 0 Å². The molecular formula is C19H15N3O2S2. The summed E-state index contributed by atoms with van der Waals surface area (Å²) in [6.45, 7) is 0.278. The van der Waals surface area contributed by atoms with Gasteiger partial charge in [0, 0.05) is 10.9 Å². The van der Waals surface area contributed by atoms with Gasteiger partial charge in [-0.3, -0.25) is 14.9 Å². The molecule has 0 spiro atoms. The van der Waals surface area contributed by atoms with E-state index in [9.17, 15) is 9.59 Å². The van der Waals surface area contributed by atoms with E-state index in [0.29, 0.717) is 15.7 Å². The van der Waals surface area contributed by atoms with Crippen molar-refractivity contribution in [3.63, 3.8) is 0 Å². The summed E-state index contributed by atoms with van der Waals surface area (Å²) in [7, 11) is 0. The molecule has 5 nitrogen and oxygen atoms in total. The number of aromatic nitrogens is 1. The molecule has 0 atom stereocenters. The zero-order valence-electron chi connectivity index (χ0n) is 13.7. The molecule has 3 aromatic rings. The first kappa shape index (κ1) is 17.9. The summed E-state index contributed by atoms with van der Waals surface area (Å²) in [4.78, 5) is 28.8. The van der Waals surface area contributed by atoms with Gasteiger partial charge in [-0.25, -0.2) is 4.98 Å². The number of nitrogens with one attached hydrogen (secondary N) is 2. The first-order valence-corrected chi connectivity index (χ1v) is 9.56. The van der Waals surface area contributed by atoms with Crippen LogP contribution in [0.1, 0.15) is 20.9 Å². The molecule has 0 saturated carbocycles. The summed E-state index contributed by atoms with van der Waals surface area (Å²) in [6.07, 6.45) is 0.151. The second kappa shape index (κ2) is 8.94. The molecule has 0 aliphatic rings. The predicted molar refractivity (Wildman–Crippen MR) is 104 cm³/mol. The smallest absolute Gasteiger partial charge is 0.267 e. The fraction of sp³-hybridized carbons (Fsp3) is 0.105. The minimum Gasteiger partial charge on any atom is -0.345 e. The van der Waals surface area contributed by atoms with E-state index in [4.69, 9.17) is 0 Å². The summed E-state index contributed by atoms with van der Waals surface area (Å²) in [5.41, 5.74) is 1.53. The highest BCUT2D eigenvalue weighted by molar-refractivity contribution is 7.14. The molecule has 130 valence electrons. The molecule has 2 aromatic heterocycles.